The monoisotopic (exact) mass is 628 g/mol. The van der Waals surface area contributed by atoms with Crippen LogP contribution in [0.25, 0.3) is 56.0 Å². The summed E-state index contributed by atoms with van der Waals surface area (Å²) in [5, 5.41) is 7.43. The number of hydrogen-bond acceptors (Lipinski definition) is 8. The first kappa shape index (κ1) is 29.1. The number of aromatic nitrogens is 7. The van der Waals surface area contributed by atoms with Crippen molar-refractivity contribution in [3.8, 4) is 33.9 Å². The highest BCUT2D eigenvalue weighted by Gasteiger charge is 2.22. The number of H-pyrrole nitrogens is 2. The molecule has 1 aromatic carbocycles. The van der Waals surface area contributed by atoms with Crippen molar-refractivity contribution in [2.24, 2.45) is 0 Å². The normalized spacial score (nSPS) is 14.5. The average Bonchev–Trinajstić information content (AvgIpc) is 3.65. The maximum Gasteiger partial charge on any atom is 0.178 e. The van der Waals surface area contributed by atoms with Crippen molar-refractivity contribution in [2.45, 2.75) is 32.2 Å². The van der Waals surface area contributed by atoms with Crippen LogP contribution in [-0.4, -0.2) is 73.5 Å². The van der Waals surface area contributed by atoms with Crippen molar-refractivity contribution < 1.29 is 17.2 Å². The molecule has 1 fully saturated rings. The van der Waals surface area contributed by atoms with Gasteiger partial charge in [0.1, 0.15) is 27.0 Å². The van der Waals surface area contributed by atoms with E-state index in [1.54, 1.807) is 30.7 Å². The Morgan fingerprint density at radius 2 is 1.76 bits per heavy atom. The van der Waals surface area contributed by atoms with Crippen LogP contribution in [0.15, 0.2) is 55.1 Å². The minimum Gasteiger partial charge on any atom is -0.335 e. The van der Waals surface area contributed by atoms with Crippen LogP contribution < -0.4 is 0 Å². The summed E-state index contributed by atoms with van der Waals surface area (Å²) in [6.45, 7) is 2.83. The van der Waals surface area contributed by atoms with Gasteiger partial charge in [-0.1, -0.05) is 12.5 Å². The molecule has 10 nitrogen and oxygen atoms in total. The zero-order valence-corrected chi connectivity index (χ0v) is 25.3. The Kier molecular flexibility index (Phi) is 7.58. The number of piperidine rings is 1. The van der Waals surface area contributed by atoms with Crippen molar-refractivity contribution in [3.63, 3.8) is 0 Å². The highest BCUT2D eigenvalue weighted by Crippen LogP contribution is 2.34. The molecule has 1 saturated heterocycles. The lowest BCUT2D eigenvalue weighted by Gasteiger charge is -2.26. The van der Waals surface area contributed by atoms with Crippen molar-refractivity contribution in [1.82, 2.24) is 40.0 Å². The van der Waals surface area contributed by atoms with Gasteiger partial charge in [-0.2, -0.15) is 5.10 Å². The minimum atomic E-state index is -3.22. The summed E-state index contributed by atoms with van der Waals surface area (Å²) < 4.78 is 54.3. The lowest BCUT2D eigenvalue weighted by Crippen LogP contribution is -2.29. The lowest BCUT2D eigenvalue weighted by atomic mass is 10.0. The van der Waals surface area contributed by atoms with Crippen molar-refractivity contribution in [1.29, 1.82) is 0 Å². The predicted molar refractivity (Wildman–Crippen MR) is 168 cm³/mol. The maximum absolute atomic E-state index is 16.3. The molecule has 0 bridgehead atoms. The molecule has 0 aliphatic carbocycles. The van der Waals surface area contributed by atoms with Crippen LogP contribution >= 0.6 is 0 Å². The Morgan fingerprint density at radius 3 is 2.58 bits per heavy atom. The van der Waals surface area contributed by atoms with Gasteiger partial charge < -0.3 is 4.98 Å². The summed E-state index contributed by atoms with van der Waals surface area (Å²) >= 11 is 0. The molecule has 0 saturated carbocycles. The van der Waals surface area contributed by atoms with E-state index in [0.717, 1.165) is 31.5 Å². The molecule has 0 atom stereocenters. The number of fused-ring (bicyclic) bond motifs is 2. The number of aromatic amines is 2. The van der Waals surface area contributed by atoms with Gasteiger partial charge in [0.2, 0.25) is 0 Å². The summed E-state index contributed by atoms with van der Waals surface area (Å²) in [6, 6.07) is 8.09. The van der Waals surface area contributed by atoms with Crippen LogP contribution in [0.2, 0.25) is 0 Å². The zero-order chi connectivity index (χ0) is 31.1. The molecule has 2 N–H and O–H groups in total. The number of likely N-dealkylation sites (tertiary alicyclic amines) is 1. The Balaban J connectivity index is 1.26. The van der Waals surface area contributed by atoms with E-state index in [4.69, 9.17) is 0 Å². The van der Waals surface area contributed by atoms with E-state index in [1.807, 2.05) is 12.3 Å². The molecule has 6 aromatic rings. The van der Waals surface area contributed by atoms with E-state index in [9.17, 15) is 12.8 Å². The number of hydrogen-bond donors (Lipinski definition) is 2. The number of benzene rings is 1. The fourth-order valence-corrected chi connectivity index (χ4v) is 6.55. The number of imidazole rings is 1. The SMILES string of the molecule is CS(=O)(=O)CCc1cc(F)cc(-c2ccnc3nc(-c4n[nH]c5cnc(-c6cncc(CN7CCCCC7)c6)c(F)c45)[nH]c23)c1. The van der Waals surface area contributed by atoms with Gasteiger partial charge in [0, 0.05) is 42.5 Å². The predicted octanol–water partition coefficient (Wildman–Crippen LogP) is 5.48. The van der Waals surface area contributed by atoms with Gasteiger partial charge in [0.05, 0.1) is 28.4 Å². The van der Waals surface area contributed by atoms with E-state index in [2.05, 4.69) is 40.0 Å². The molecule has 230 valence electrons. The third-order valence-electron chi connectivity index (χ3n) is 8.11. The van der Waals surface area contributed by atoms with Crippen LogP contribution in [-0.2, 0) is 22.8 Å². The van der Waals surface area contributed by atoms with Crippen molar-refractivity contribution in [3.05, 3.63) is 77.9 Å². The Labute approximate surface area is 257 Å². The average molecular weight is 629 g/mol. The van der Waals surface area contributed by atoms with E-state index in [1.165, 1.54) is 31.4 Å². The third-order valence-corrected chi connectivity index (χ3v) is 9.06. The number of pyridine rings is 3. The molecule has 45 heavy (non-hydrogen) atoms. The first-order valence-corrected chi connectivity index (χ1v) is 16.8. The number of aryl methyl sites for hydroxylation is 1. The molecule has 0 radical (unpaired) electrons. The van der Waals surface area contributed by atoms with E-state index < -0.39 is 21.5 Å². The summed E-state index contributed by atoms with van der Waals surface area (Å²) in [5.41, 5.74) is 4.92. The second-order valence-electron chi connectivity index (χ2n) is 11.6. The quantitative estimate of drug-likeness (QED) is 0.227. The van der Waals surface area contributed by atoms with Gasteiger partial charge in [-0.25, -0.2) is 27.2 Å². The third kappa shape index (κ3) is 6.05. The number of rotatable bonds is 8. The largest absolute Gasteiger partial charge is 0.335 e. The van der Waals surface area contributed by atoms with Gasteiger partial charge in [-0.15, -0.1) is 0 Å². The highest BCUT2D eigenvalue weighted by molar-refractivity contribution is 7.90. The number of nitrogens with zero attached hydrogens (tertiary/aromatic N) is 6. The molecule has 0 spiro atoms. The second kappa shape index (κ2) is 11.7. The molecule has 0 amide bonds. The molecule has 6 heterocycles. The van der Waals surface area contributed by atoms with Gasteiger partial charge in [-0.05, 0) is 73.3 Å². The van der Waals surface area contributed by atoms with Crippen LogP contribution in [0, 0.1) is 11.6 Å². The highest BCUT2D eigenvalue weighted by atomic mass is 32.2. The fraction of sp³-hybridized carbons (Fsp3) is 0.281. The first-order valence-electron chi connectivity index (χ1n) is 14.7. The van der Waals surface area contributed by atoms with Crippen LogP contribution in [0.4, 0.5) is 8.78 Å². The molecule has 0 unspecified atom stereocenters. The Bertz CT molecular complexity index is 2160. The molecule has 1 aliphatic heterocycles. The van der Waals surface area contributed by atoms with Gasteiger partial charge >= 0.3 is 0 Å². The van der Waals surface area contributed by atoms with Crippen molar-refractivity contribution >= 4 is 31.9 Å². The van der Waals surface area contributed by atoms with E-state index in [0.29, 0.717) is 38.9 Å². The molecule has 7 rings (SSSR count). The molecular formula is C32H30F2N8O2S. The van der Waals surface area contributed by atoms with Gasteiger partial charge in [0.15, 0.2) is 17.3 Å². The summed E-state index contributed by atoms with van der Waals surface area (Å²) in [7, 11) is -3.22. The fourth-order valence-electron chi connectivity index (χ4n) is 5.94. The number of sulfone groups is 1. The molecule has 1 aliphatic rings. The molecular weight excluding hydrogens is 598 g/mol. The number of halogens is 2. The summed E-state index contributed by atoms with van der Waals surface area (Å²) in [6.07, 6.45) is 11.4. The Morgan fingerprint density at radius 1 is 0.933 bits per heavy atom. The van der Waals surface area contributed by atoms with Gasteiger partial charge in [0.25, 0.3) is 0 Å². The standard InChI is InChI=1S/C32H30F2N8O2S/c1-45(43,44)10-6-19-11-21(14-23(33)13-19)24-5-7-36-31-29(24)38-32(39-31)30-26-25(40-41-30)17-37-28(27(26)34)22-12-20(15-35-16-22)18-42-8-3-2-4-9-42/h5,7,11-17H,2-4,6,8-10,18H2,1H3,(H,40,41)(H,36,38,39). The summed E-state index contributed by atoms with van der Waals surface area (Å²) in [5.74, 6) is -0.862. The van der Waals surface area contributed by atoms with Crippen LogP contribution in [0.1, 0.15) is 30.4 Å². The topological polar surface area (TPSA) is 133 Å². The van der Waals surface area contributed by atoms with E-state index in [-0.39, 0.29) is 34.8 Å². The van der Waals surface area contributed by atoms with E-state index >= 15 is 4.39 Å². The maximum atomic E-state index is 16.3. The minimum absolute atomic E-state index is 0.0940. The smallest absolute Gasteiger partial charge is 0.178 e. The molecule has 13 heteroatoms. The number of nitrogens with one attached hydrogen (secondary N) is 2. The lowest BCUT2D eigenvalue weighted by molar-refractivity contribution is 0.220. The van der Waals surface area contributed by atoms with Crippen molar-refractivity contribution in [2.75, 3.05) is 25.1 Å². The molecule has 5 aromatic heterocycles. The Hall–Kier alpha value is -4.62. The zero-order valence-electron chi connectivity index (χ0n) is 24.5. The van der Waals surface area contributed by atoms with Crippen LogP contribution in [0.5, 0.6) is 0 Å². The second-order valence-corrected chi connectivity index (χ2v) is 13.8. The van der Waals surface area contributed by atoms with Crippen LogP contribution in [0.3, 0.4) is 0 Å². The summed E-state index contributed by atoms with van der Waals surface area (Å²) in [4.78, 5) is 23.3. The first-order chi connectivity index (χ1) is 21.7. The van der Waals surface area contributed by atoms with Gasteiger partial charge in [-0.3, -0.25) is 20.0 Å².